The molecule has 7 heteroatoms. The molecule has 0 saturated heterocycles. The van der Waals surface area contributed by atoms with E-state index in [1.165, 1.54) is 12.1 Å². The number of halogens is 1. The van der Waals surface area contributed by atoms with Crippen LogP contribution in [0.2, 0.25) is 0 Å². The molecule has 0 unspecified atom stereocenters. The van der Waals surface area contributed by atoms with Crippen LogP contribution >= 0.6 is 0 Å². The molecule has 0 amide bonds. The zero-order valence-corrected chi connectivity index (χ0v) is 14.6. The fourth-order valence-electron chi connectivity index (χ4n) is 3.00. The number of ether oxygens (including phenoxy) is 1. The lowest BCUT2D eigenvalue weighted by Gasteiger charge is -2.29. The summed E-state index contributed by atoms with van der Waals surface area (Å²) in [6.07, 6.45) is 4.61. The molecule has 0 radical (unpaired) electrons. The number of nitrogens with zero attached hydrogens (tertiary/aromatic N) is 1. The zero-order valence-electron chi connectivity index (χ0n) is 13.8. The van der Waals surface area contributed by atoms with Gasteiger partial charge < -0.3 is 4.74 Å². The molecule has 1 heterocycles. The maximum absolute atomic E-state index is 13.6. The summed E-state index contributed by atoms with van der Waals surface area (Å²) in [4.78, 5) is 4.14. The second-order valence-electron chi connectivity index (χ2n) is 6.23. The number of hydrogen-bond donors (Lipinski definition) is 1. The first-order valence-electron chi connectivity index (χ1n) is 8.33. The fourth-order valence-corrected chi connectivity index (χ4v) is 4.47. The van der Waals surface area contributed by atoms with Crippen LogP contribution < -0.4 is 9.46 Å². The van der Waals surface area contributed by atoms with Gasteiger partial charge in [-0.2, -0.15) is 0 Å². The topological polar surface area (TPSA) is 68.3 Å². The van der Waals surface area contributed by atoms with E-state index >= 15 is 0 Å². The Bertz CT molecular complexity index is 791. The number of benzene rings is 1. The fraction of sp³-hybridized carbons (Fsp3) is 0.389. The van der Waals surface area contributed by atoms with Gasteiger partial charge in [0.2, 0.25) is 15.9 Å². The SMILES string of the molecule is O=S(=O)(Cc1ccccc1F)NC1CCC(Oc2ccccn2)CC1. The highest BCUT2D eigenvalue weighted by Gasteiger charge is 2.26. The van der Waals surface area contributed by atoms with E-state index in [4.69, 9.17) is 4.74 Å². The molecule has 0 bridgehead atoms. The molecule has 1 aromatic carbocycles. The van der Waals surface area contributed by atoms with Crippen LogP contribution in [0.15, 0.2) is 48.7 Å². The van der Waals surface area contributed by atoms with Crippen molar-refractivity contribution in [1.82, 2.24) is 9.71 Å². The average molecular weight is 364 g/mol. The van der Waals surface area contributed by atoms with Crippen LogP contribution in [0.4, 0.5) is 4.39 Å². The Morgan fingerprint density at radius 1 is 1.08 bits per heavy atom. The van der Waals surface area contributed by atoms with Crippen LogP contribution in [0, 0.1) is 5.82 Å². The van der Waals surface area contributed by atoms with Gasteiger partial charge >= 0.3 is 0 Å². The van der Waals surface area contributed by atoms with Gasteiger partial charge in [-0.3, -0.25) is 0 Å². The maximum Gasteiger partial charge on any atom is 0.216 e. The molecule has 0 aliphatic heterocycles. The molecule has 5 nitrogen and oxygen atoms in total. The minimum atomic E-state index is -3.58. The first-order chi connectivity index (χ1) is 12.0. The van der Waals surface area contributed by atoms with Gasteiger partial charge in [-0.1, -0.05) is 24.3 Å². The van der Waals surface area contributed by atoms with Crippen molar-refractivity contribution in [2.24, 2.45) is 0 Å². The van der Waals surface area contributed by atoms with E-state index in [1.54, 1.807) is 18.3 Å². The van der Waals surface area contributed by atoms with Crippen LogP contribution in [0.5, 0.6) is 5.88 Å². The minimum absolute atomic E-state index is 0.0437. The summed E-state index contributed by atoms with van der Waals surface area (Å²) in [5.74, 6) is -0.254. The highest BCUT2D eigenvalue weighted by Crippen LogP contribution is 2.23. The second-order valence-corrected chi connectivity index (χ2v) is 7.98. The van der Waals surface area contributed by atoms with E-state index in [0.717, 1.165) is 12.8 Å². The van der Waals surface area contributed by atoms with Gasteiger partial charge in [0, 0.05) is 23.9 Å². The molecule has 1 aromatic heterocycles. The van der Waals surface area contributed by atoms with E-state index < -0.39 is 15.8 Å². The van der Waals surface area contributed by atoms with Crippen molar-refractivity contribution < 1.29 is 17.5 Å². The summed E-state index contributed by atoms with van der Waals surface area (Å²) < 4.78 is 46.7. The van der Waals surface area contributed by atoms with Gasteiger partial charge in [-0.15, -0.1) is 0 Å². The molecule has 3 rings (SSSR count). The molecule has 2 aromatic rings. The van der Waals surface area contributed by atoms with Crippen molar-refractivity contribution in [2.45, 2.75) is 43.6 Å². The first-order valence-corrected chi connectivity index (χ1v) is 9.98. The Balaban J connectivity index is 1.50. The lowest BCUT2D eigenvalue weighted by Crippen LogP contribution is -2.40. The first kappa shape index (κ1) is 17.8. The highest BCUT2D eigenvalue weighted by molar-refractivity contribution is 7.88. The number of hydrogen-bond acceptors (Lipinski definition) is 4. The zero-order chi connectivity index (χ0) is 17.7. The number of rotatable bonds is 6. The van der Waals surface area contributed by atoms with Gasteiger partial charge in [-0.05, 0) is 37.8 Å². The third kappa shape index (κ3) is 5.24. The van der Waals surface area contributed by atoms with Crippen molar-refractivity contribution in [3.63, 3.8) is 0 Å². The predicted molar refractivity (Wildman–Crippen MR) is 93.1 cm³/mol. The van der Waals surface area contributed by atoms with Crippen LogP contribution in [-0.2, 0) is 15.8 Å². The van der Waals surface area contributed by atoms with Crippen molar-refractivity contribution in [2.75, 3.05) is 0 Å². The lowest BCUT2D eigenvalue weighted by molar-refractivity contribution is 0.138. The monoisotopic (exact) mass is 364 g/mol. The molecular weight excluding hydrogens is 343 g/mol. The standard InChI is InChI=1S/C18H21FN2O3S/c19-17-6-2-1-5-14(17)13-25(22,23)21-15-8-10-16(11-9-15)24-18-7-3-4-12-20-18/h1-7,12,15-16,21H,8-11,13H2. The van der Waals surface area contributed by atoms with Crippen LogP contribution in [0.25, 0.3) is 0 Å². The third-order valence-electron chi connectivity index (χ3n) is 4.25. The summed E-state index contributed by atoms with van der Waals surface area (Å²) in [5, 5.41) is 0. The summed E-state index contributed by atoms with van der Waals surface area (Å²) in [7, 11) is -3.58. The van der Waals surface area contributed by atoms with Crippen LogP contribution in [0.3, 0.4) is 0 Å². The predicted octanol–water partition coefficient (Wildman–Crippen LogP) is 3.03. The largest absolute Gasteiger partial charge is 0.474 e. The van der Waals surface area contributed by atoms with Gasteiger partial charge in [0.15, 0.2) is 0 Å². The van der Waals surface area contributed by atoms with Crippen molar-refractivity contribution >= 4 is 10.0 Å². The molecule has 1 fully saturated rings. The smallest absolute Gasteiger partial charge is 0.216 e. The molecular formula is C18H21FN2O3S. The molecule has 134 valence electrons. The normalized spacial score (nSPS) is 21.0. The van der Waals surface area contributed by atoms with Crippen molar-refractivity contribution in [3.05, 3.63) is 60.0 Å². The third-order valence-corrected chi connectivity index (χ3v) is 5.63. The van der Waals surface area contributed by atoms with E-state index in [9.17, 15) is 12.8 Å². The summed E-state index contributed by atoms with van der Waals surface area (Å²) in [5.41, 5.74) is 0.183. The minimum Gasteiger partial charge on any atom is -0.474 e. The van der Waals surface area contributed by atoms with Crippen LogP contribution in [-0.4, -0.2) is 25.5 Å². The number of aromatic nitrogens is 1. The van der Waals surface area contributed by atoms with Gasteiger partial charge in [-0.25, -0.2) is 22.5 Å². The Morgan fingerprint density at radius 2 is 1.80 bits per heavy atom. The summed E-state index contributed by atoms with van der Waals surface area (Å²) in [6, 6.07) is 11.3. The molecule has 1 aliphatic carbocycles. The molecule has 1 aliphatic rings. The Morgan fingerprint density at radius 3 is 2.48 bits per heavy atom. The molecule has 0 atom stereocenters. The highest BCUT2D eigenvalue weighted by atomic mass is 32.2. The second kappa shape index (κ2) is 7.93. The van der Waals surface area contributed by atoms with Crippen molar-refractivity contribution in [1.29, 1.82) is 0 Å². The number of pyridine rings is 1. The van der Waals surface area contributed by atoms with Gasteiger partial charge in [0.25, 0.3) is 0 Å². The lowest BCUT2D eigenvalue weighted by atomic mass is 9.94. The summed E-state index contributed by atoms with van der Waals surface area (Å²) in [6.45, 7) is 0. The number of sulfonamides is 1. The Kier molecular flexibility index (Phi) is 5.65. The molecule has 0 spiro atoms. The molecule has 1 N–H and O–H groups in total. The average Bonchev–Trinajstić information content (AvgIpc) is 2.59. The van der Waals surface area contributed by atoms with Gasteiger partial charge in [0.05, 0.1) is 5.75 Å². The Labute approximate surface area is 147 Å². The maximum atomic E-state index is 13.6. The van der Waals surface area contributed by atoms with E-state index in [-0.39, 0.29) is 23.5 Å². The number of nitrogens with one attached hydrogen (secondary N) is 1. The molecule has 25 heavy (non-hydrogen) atoms. The van der Waals surface area contributed by atoms with E-state index in [1.807, 2.05) is 18.2 Å². The Hall–Kier alpha value is -1.99. The summed E-state index contributed by atoms with van der Waals surface area (Å²) >= 11 is 0. The van der Waals surface area contributed by atoms with Gasteiger partial charge in [0.1, 0.15) is 11.9 Å². The molecule has 1 saturated carbocycles. The quantitative estimate of drug-likeness (QED) is 0.855. The van der Waals surface area contributed by atoms with E-state index in [2.05, 4.69) is 9.71 Å². The van der Waals surface area contributed by atoms with E-state index in [0.29, 0.717) is 18.7 Å². The van der Waals surface area contributed by atoms with Crippen molar-refractivity contribution in [3.8, 4) is 5.88 Å². The van der Waals surface area contributed by atoms with Crippen LogP contribution in [0.1, 0.15) is 31.2 Å².